The van der Waals surface area contributed by atoms with Crippen molar-refractivity contribution in [2.24, 2.45) is 0 Å². The highest BCUT2D eigenvalue weighted by Gasteiger charge is 2.48. The van der Waals surface area contributed by atoms with Crippen molar-refractivity contribution in [2.75, 3.05) is 37.8 Å². The molecule has 2 fully saturated rings. The van der Waals surface area contributed by atoms with Crippen molar-refractivity contribution in [3.8, 4) is 6.07 Å². The van der Waals surface area contributed by atoms with Gasteiger partial charge in [-0.25, -0.2) is 14.4 Å². The summed E-state index contributed by atoms with van der Waals surface area (Å²) in [6.07, 6.45) is 6.11. The van der Waals surface area contributed by atoms with E-state index in [-0.39, 0.29) is 25.5 Å². The number of nitrogens with zero attached hydrogens (tertiary/aromatic N) is 5. The molecule has 1 aliphatic carbocycles. The van der Waals surface area contributed by atoms with Crippen LogP contribution in [-0.4, -0.2) is 58.9 Å². The number of halogens is 1. The molecule has 2 saturated heterocycles. The van der Waals surface area contributed by atoms with Crippen LogP contribution in [0.2, 0.25) is 0 Å². The second kappa shape index (κ2) is 11.2. The molecule has 3 aliphatic rings. The number of rotatable bonds is 7. The molecule has 2 aromatic rings. The topological polar surface area (TPSA) is 102 Å². The van der Waals surface area contributed by atoms with Gasteiger partial charge in [0.1, 0.15) is 23.9 Å². The van der Waals surface area contributed by atoms with Gasteiger partial charge in [-0.3, -0.25) is 4.90 Å². The van der Waals surface area contributed by atoms with Crippen LogP contribution in [0.25, 0.3) is 0 Å². The van der Waals surface area contributed by atoms with E-state index < -0.39 is 6.17 Å². The highest BCUT2D eigenvalue weighted by Crippen LogP contribution is 2.45. The summed E-state index contributed by atoms with van der Waals surface area (Å²) in [5.74, 6) is 1.94. The van der Waals surface area contributed by atoms with Gasteiger partial charge in [-0.2, -0.15) is 5.26 Å². The van der Waals surface area contributed by atoms with Crippen LogP contribution in [0.1, 0.15) is 98.5 Å². The molecule has 3 N–H and O–H groups in total. The minimum absolute atomic E-state index is 0. The first-order valence-corrected chi connectivity index (χ1v) is 13.6. The van der Waals surface area contributed by atoms with Crippen LogP contribution >= 0.6 is 0 Å². The number of anilines is 2. The average Bonchev–Trinajstić information content (AvgIpc) is 3.39. The number of aliphatic hydroxyl groups excluding tert-OH is 1. The third-order valence-corrected chi connectivity index (χ3v) is 9.02. The van der Waals surface area contributed by atoms with Crippen LogP contribution in [0.3, 0.4) is 0 Å². The first kappa shape index (κ1) is 28.3. The lowest BCUT2D eigenvalue weighted by Gasteiger charge is -2.32. The summed E-state index contributed by atoms with van der Waals surface area (Å²) >= 11 is 0. The van der Waals surface area contributed by atoms with Gasteiger partial charge in [-0.05, 0) is 80.5 Å². The lowest BCUT2D eigenvalue weighted by Crippen LogP contribution is -2.38. The van der Waals surface area contributed by atoms with Crippen LogP contribution in [0.5, 0.6) is 0 Å². The lowest BCUT2D eigenvalue weighted by atomic mass is 9.73. The number of aryl methyl sites for hydroxylation is 1. The molecule has 2 aliphatic heterocycles. The number of nitriles is 1. The average molecular weight is 523 g/mol. The zero-order chi connectivity index (χ0) is 26.3. The van der Waals surface area contributed by atoms with Crippen LogP contribution < -0.4 is 10.6 Å². The number of aliphatic hydroxyl groups is 1. The minimum Gasteiger partial charge on any atom is -0.398 e. The molecule has 0 radical (unpaired) electrons. The first-order valence-electron chi connectivity index (χ1n) is 13.6. The summed E-state index contributed by atoms with van der Waals surface area (Å²) in [7, 11) is 3.87. The van der Waals surface area contributed by atoms with Crippen LogP contribution in [0.15, 0.2) is 12.1 Å². The highest BCUT2D eigenvalue weighted by atomic mass is 19.1. The number of benzene rings is 1. The third-order valence-electron chi connectivity index (χ3n) is 9.02. The van der Waals surface area contributed by atoms with Gasteiger partial charge in [-0.15, -0.1) is 0 Å². The second-order valence-corrected chi connectivity index (χ2v) is 11.5. The van der Waals surface area contributed by atoms with Gasteiger partial charge in [0, 0.05) is 43.9 Å². The van der Waals surface area contributed by atoms with E-state index in [4.69, 9.17) is 15.7 Å². The summed E-state index contributed by atoms with van der Waals surface area (Å²) in [6.45, 7) is 3.57. The van der Waals surface area contributed by atoms with Crippen molar-refractivity contribution in [1.82, 2.24) is 14.9 Å². The van der Waals surface area contributed by atoms with Crippen molar-refractivity contribution in [1.29, 1.82) is 5.26 Å². The van der Waals surface area contributed by atoms with Crippen LogP contribution in [0.4, 0.5) is 15.9 Å². The van der Waals surface area contributed by atoms with Gasteiger partial charge in [0.25, 0.3) is 0 Å². The number of nitrogens with two attached hydrogens (primary N) is 1. The number of aromatic nitrogens is 2. The van der Waals surface area contributed by atoms with E-state index in [9.17, 15) is 14.8 Å². The standard InChI is InChI=1S/C29H39FN6O.CH4/c1-18-5-6-19(27-21(18)7-8-24(32)22(27)15-31)13-25-23(17-37)28(35(2)3)34-26(33-25)9-11-29-10-4-12-36(29)16-20(30)14-29;/h7-8,18-20,37H,4-6,9-14,16-17,32H2,1-3H3;1H4/t18-,19?,20?,29+;/m0./s1. The van der Waals surface area contributed by atoms with Crippen molar-refractivity contribution < 1.29 is 9.50 Å². The Morgan fingerprint density at radius 2 is 2.08 bits per heavy atom. The molecule has 8 heteroatoms. The van der Waals surface area contributed by atoms with Gasteiger partial charge >= 0.3 is 0 Å². The monoisotopic (exact) mass is 522 g/mol. The Morgan fingerprint density at radius 1 is 1.29 bits per heavy atom. The maximum atomic E-state index is 14.3. The Balaban J connectivity index is 0.00000336. The quantitative estimate of drug-likeness (QED) is 0.501. The Bertz CT molecular complexity index is 1210. The first-order chi connectivity index (χ1) is 17.8. The summed E-state index contributed by atoms with van der Waals surface area (Å²) in [6, 6.07) is 6.27. The Hall–Kier alpha value is -2.76. The van der Waals surface area contributed by atoms with Crippen LogP contribution in [-0.2, 0) is 19.4 Å². The zero-order valence-electron chi connectivity index (χ0n) is 22.3. The fourth-order valence-corrected chi connectivity index (χ4v) is 7.17. The Morgan fingerprint density at radius 3 is 2.79 bits per heavy atom. The molecule has 0 saturated carbocycles. The maximum absolute atomic E-state index is 14.3. The predicted molar refractivity (Wildman–Crippen MR) is 150 cm³/mol. The fraction of sp³-hybridized carbons (Fsp3) is 0.633. The fourth-order valence-electron chi connectivity index (χ4n) is 7.17. The van der Waals surface area contributed by atoms with Gasteiger partial charge < -0.3 is 15.7 Å². The van der Waals surface area contributed by atoms with Crippen LogP contribution in [0, 0.1) is 11.3 Å². The zero-order valence-corrected chi connectivity index (χ0v) is 22.3. The number of hydrogen-bond donors (Lipinski definition) is 2. The predicted octanol–water partition coefficient (Wildman–Crippen LogP) is 4.86. The van der Waals surface area contributed by atoms with Gasteiger partial charge in [0.05, 0.1) is 17.9 Å². The summed E-state index contributed by atoms with van der Waals surface area (Å²) in [5.41, 5.74) is 11.0. The Labute approximate surface area is 226 Å². The van der Waals surface area contributed by atoms with Crippen molar-refractivity contribution >= 4 is 11.5 Å². The van der Waals surface area contributed by atoms with Gasteiger partial charge in [0.15, 0.2) is 0 Å². The maximum Gasteiger partial charge on any atom is 0.137 e. The van der Waals surface area contributed by atoms with E-state index in [0.29, 0.717) is 43.0 Å². The molecule has 206 valence electrons. The summed E-state index contributed by atoms with van der Waals surface area (Å²) < 4.78 is 14.3. The molecular formula is C30H43FN6O. The molecule has 7 nitrogen and oxygen atoms in total. The van der Waals surface area contributed by atoms with Crippen molar-refractivity contribution in [3.63, 3.8) is 0 Å². The van der Waals surface area contributed by atoms with E-state index >= 15 is 0 Å². The van der Waals surface area contributed by atoms with Gasteiger partial charge in [0.2, 0.25) is 0 Å². The van der Waals surface area contributed by atoms with Crippen molar-refractivity contribution in [3.05, 3.63) is 45.9 Å². The summed E-state index contributed by atoms with van der Waals surface area (Å²) in [4.78, 5) is 14.1. The molecule has 38 heavy (non-hydrogen) atoms. The number of alkyl halides is 1. The summed E-state index contributed by atoms with van der Waals surface area (Å²) in [5, 5.41) is 20.3. The second-order valence-electron chi connectivity index (χ2n) is 11.5. The molecule has 5 rings (SSSR count). The molecule has 2 unspecified atom stereocenters. The molecular weight excluding hydrogens is 479 g/mol. The van der Waals surface area contributed by atoms with E-state index in [2.05, 4.69) is 24.0 Å². The lowest BCUT2D eigenvalue weighted by molar-refractivity contribution is 0.181. The number of fused-ring (bicyclic) bond motifs is 2. The molecule has 4 atom stereocenters. The minimum atomic E-state index is -0.749. The third kappa shape index (κ3) is 4.99. The molecule has 3 heterocycles. The molecule has 0 spiro atoms. The smallest absolute Gasteiger partial charge is 0.137 e. The van der Waals surface area contributed by atoms with E-state index in [1.54, 1.807) is 0 Å². The molecule has 0 amide bonds. The highest BCUT2D eigenvalue weighted by molar-refractivity contribution is 5.62. The Kier molecular flexibility index (Phi) is 8.29. The SMILES string of the molecule is C.C[C@H]1CCC(Cc2nc(CC[C@@]34CCCN3CC(F)C4)nc(N(C)C)c2CO)c2c1ccc(N)c2C#N. The molecule has 1 aromatic carbocycles. The van der Waals surface area contributed by atoms with E-state index in [1.165, 1.54) is 5.56 Å². The largest absolute Gasteiger partial charge is 0.398 e. The van der Waals surface area contributed by atoms with E-state index in [1.807, 2.05) is 25.1 Å². The normalized spacial score (nSPS) is 26.4. The molecule has 1 aromatic heterocycles. The van der Waals surface area contributed by atoms with Gasteiger partial charge in [-0.1, -0.05) is 20.4 Å². The number of hydrogen-bond acceptors (Lipinski definition) is 7. The number of nitrogen functional groups attached to an aromatic ring is 1. The molecule has 0 bridgehead atoms. The van der Waals surface area contributed by atoms with E-state index in [0.717, 1.165) is 67.1 Å². The van der Waals surface area contributed by atoms with Crippen molar-refractivity contribution in [2.45, 2.75) is 95.9 Å².